The molecular formula is C24H25N5O2S. The van der Waals surface area contributed by atoms with Crippen LogP contribution in [0.15, 0.2) is 52.3 Å². The van der Waals surface area contributed by atoms with E-state index in [0.29, 0.717) is 19.0 Å². The Morgan fingerprint density at radius 3 is 2.72 bits per heavy atom. The van der Waals surface area contributed by atoms with Gasteiger partial charge in [-0.1, -0.05) is 24.3 Å². The SMILES string of the molecule is Cc1nn(-c2ccccc2)c(C)c1[C@H]1C(=O)NCCN1Cc1nc(-c2cccs2)oc1C. The lowest BCUT2D eigenvalue weighted by atomic mass is 10.00. The number of piperazine rings is 1. The molecular weight excluding hydrogens is 422 g/mol. The second-order valence-electron chi connectivity index (χ2n) is 8.00. The van der Waals surface area contributed by atoms with Crippen LogP contribution in [0.5, 0.6) is 0 Å². The predicted octanol–water partition coefficient (Wildman–Crippen LogP) is 4.19. The summed E-state index contributed by atoms with van der Waals surface area (Å²) < 4.78 is 7.85. The molecule has 0 bridgehead atoms. The zero-order chi connectivity index (χ0) is 22.2. The number of benzene rings is 1. The van der Waals surface area contributed by atoms with Crippen molar-refractivity contribution >= 4 is 17.2 Å². The van der Waals surface area contributed by atoms with E-state index in [-0.39, 0.29) is 5.91 Å². The van der Waals surface area contributed by atoms with Crippen LogP contribution in [0.3, 0.4) is 0 Å². The van der Waals surface area contributed by atoms with Crippen LogP contribution in [0.1, 0.15) is 34.4 Å². The van der Waals surface area contributed by atoms with E-state index in [1.807, 2.05) is 73.3 Å². The van der Waals surface area contributed by atoms with E-state index in [1.165, 1.54) is 0 Å². The highest BCUT2D eigenvalue weighted by Crippen LogP contribution is 2.33. The number of carbonyl (C=O) groups is 1. The fraction of sp³-hybridized carbons (Fsp3) is 0.292. The second-order valence-corrected chi connectivity index (χ2v) is 8.94. The van der Waals surface area contributed by atoms with Gasteiger partial charge in [0.1, 0.15) is 11.8 Å². The Kier molecular flexibility index (Phi) is 5.40. The van der Waals surface area contributed by atoms with Gasteiger partial charge in [0.25, 0.3) is 0 Å². The molecule has 0 spiro atoms. The number of hydrogen-bond acceptors (Lipinski definition) is 6. The predicted molar refractivity (Wildman–Crippen MR) is 124 cm³/mol. The third kappa shape index (κ3) is 3.65. The Morgan fingerprint density at radius 1 is 1.16 bits per heavy atom. The second kappa shape index (κ2) is 8.37. The molecule has 0 aliphatic carbocycles. The van der Waals surface area contributed by atoms with Gasteiger partial charge in [-0.2, -0.15) is 5.10 Å². The molecule has 0 radical (unpaired) electrons. The van der Waals surface area contributed by atoms with Gasteiger partial charge in [0.15, 0.2) is 0 Å². The number of nitrogens with one attached hydrogen (secondary N) is 1. The van der Waals surface area contributed by atoms with E-state index < -0.39 is 6.04 Å². The minimum atomic E-state index is -0.428. The molecule has 7 nitrogen and oxygen atoms in total. The van der Waals surface area contributed by atoms with Crippen molar-refractivity contribution in [2.24, 2.45) is 0 Å². The summed E-state index contributed by atoms with van der Waals surface area (Å²) in [7, 11) is 0. The maximum atomic E-state index is 13.1. The number of carbonyl (C=O) groups excluding carboxylic acids is 1. The van der Waals surface area contributed by atoms with Gasteiger partial charge in [0, 0.05) is 30.9 Å². The summed E-state index contributed by atoms with van der Waals surface area (Å²) in [6.45, 7) is 7.80. The Bertz CT molecular complexity index is 1240. The first-order chi connectivity index (χ1) is 15.5. The van der Waals surface area contributed by atoms with Gasteiger partial charge >= 0.3 is 0 Å². The van der Waals surface area contributed by atoms with Gasteiger partial charge < -0.3 is 9.73 Å². The zero-order valence-corrected chi connectivity index (χ0v) is 19.1. The number of amides is 1. The molecule has 164 valence electrons. The Hall–Kier alpha value is -3.23. The van der Waals surface area contributed by atoms with Crippen LogP contribution >= 0.6 is 11.3 Å². The first-order valence-corrected chi connectivity index (χ1v) is 11.5. The van der Waals surface area contributed by atoms with Crippen LogP contribution in [0.4, 0.5) is 0 Å². The largest absolute Gasteiger partial charge is 0.440 e. The van der Waals surface area contributed by atoms with E-state index in [1.54, 1.807) is 11.3 Å². The molecule has 1 fully saturated rings. The summed E-state index contributed by atoms with van der Waals surface area (Å²) in [6.07, 6.45) is 0. The number of oxazole rings is 1. The maximum Gasteiger partial charge on any atom is 0.242 e. The molecule has 1 aromatic carbocycles. The first kappa shape index (κ1) is 20.7. The zero-order valence-electron chi connectivity index (χ0n) is 18.3. The Morgan fingerprint density at radius 2 is 1.97 bits per heavy atom. The topological polar surface area (TPSA) is 76.2 Å². The molecule has 1 aliphatic heterocycles. The highest BCUT2D eigenvalue weighted by molar-refractivity contribution is 7.13. The number of nitrogens with zero attached hydrogens (tertiary/aromatic N) is 4. The molecule has 8 heteroatoms. The van der Waals surface area contributed by atoms with Gasteiger partial charge in [-0.25, -0.2) is 9.67 Å². The van der Waals surface area contributed by atoms with E-state index in [9.17, 15) is 4.79 Å². The molecule has 1 aliphatic rings. The van der Waals surface area contributed by atoms with E-state index in [2.05, 4.69) is 10.2 Å². The molecule has 1 N–H and O–H groups in total. The quantitative estimate of drug-likeness (QED) is 0.497. The molecule has 1 atom stereocenters. The Labute approximate surface area is 190 Å². The van der Waals surface area contributed by atoms with E-state index in [4.69, 9.17) is 14.5 Å². The van der Waals surface area contributed by atoms with E-state index in [0.717, 1.165) is 45.5 Å². The van der Waals surface area contributed by atoms with E-state index >= 15 is 0 Å². The minimum Gasteiger partial charge on any atom is -0.440 e. The van der Waals surface area contributed by atoms with Crippen molar-refractivity contribution in [3.63, 3.8) is 0 Å². The fourth-order valence-electron chi connectivity index (χ4n) is 4.34. The standard InChI is InChI=1S/C24H25N5O2S/c1-15-21(16(2)29(27-15)18-8-5-4-6-9-18)22-23(30)25-11-12-28(22)14-19-17(3)31-24(26-19)20-10-7-13-32-20/h4-10,13,22H,11-12,14H2,1-3H3,(H,25,30)/t22-/m0/s1. The molecule has 0 saturated carbocycles. The minimum absolute atomic E-state index is 0.00492. The van der Waals surface area contributed by atoms with Crippen molar-refractivity contribution in [2.45, 2.75) is 33.4 Å². The molecule has 4 aromatic rings. The lowest BCUT2D eigenvalue weighted by molar-refractivity contribution is -0.129. The van der Waals surface area contributed by atoms with Crippen molar-refractivity contribution in [1.29, 1.82) is 0 Å². The number of hydrogen-bond donors (Lipinski definition) is 1. The number of para-hydroxylation sites is 1. The van der Waals surface area contributed by atoms with Gasteiger partial charge in [-0.05, 0) is 44.4 Å². The van der Waals surface area contributed by atoms with Crippen molar-refractivity contribution in [1.82, 2.24) is 25.0 Å². The van der Waals surface area contributed by atoms with Gasteiger partial charge in [-0.15, -0.1) is 11.3 Å². The average molecular weight is 448 g/mol. The molecule has 1 amide bonds. The van der Waals surface area contributed by atoms with Crippen LogP contribution < -0.4 is 5.32 Å². The summed E-state index contributed by atoms with van der Waals surface area (Å²) >= 11 is 1.60. The number of aryl methyl sites for hydroxylation is 2. The Balaban J connectivity index is 1.50. The van der Waals surface area contributed by atoms with Crippen LogP contribution in [-0.2, 0) is 11.3 Å². The van der Waals surface area contributed by atoms with Crippen LogP contribution in [-0.4, -0.2) is 38.7 Å². The lowest BCUT2D eigenvalue weighted by Crippen LogP contribution is -2.49. The highest BCUT2D eigenvalue weighted by atomic mass is 32.1. The number of thiophene rings is 1. The molecule has 0 unspecified atom stereocenters. The fourth-order valence-corrected chi connectivity index (χ4v) is 4.99. The van der Waals surface area contributed by atoms with Gasteiger partial charge in [-0.3, -0.25) is 9.69 Å². The summed E-state index contributed by atoms with van der Waals surface area (Å²) in [5.41, 5.74) is 4.62. The summed E-state index contributed by atoms with van der Waals surface area (Å²) in [4.78, 5) is 21.0. The maximum absolute atomic E-state index is 13.1. The van der Waals surface area contributed by atoms with Crippen LogP contribution in [0.2, 0.25) is 0 Å². The normalized spacial score (nSPS) is 17.0. The third-order valence-corrected chi connectivity index (χ3v) is 6.77. The van der Waals surface area contributed by atoms with Crippen molar-refractivity contribution in [3.8, 4) is 16.5 Å². The molecule has 3 aromatic heterocycles. The van der Waals surface area contributed by atoms with Crippen LogP contribution in [0.25, 0.3) is 16.5 Å². The van der Waals surface area contributed by atoms with Gasteiger partial charge in [0.2, 0.25) is 11.8 Å². The van der Waals surface area contributed by atoms with Crippen molar-refractivity contribution < 1.29 is 9.21 Å². The monoisotopic (exact) mass is 447 g/mol. The molecule has 1 saturated heterocycles. The third-order valence-electron chi connectivity index (χ3n) is 5.91. The molecule has 5 rings (SSSR count). The molecule has 32 heavy (non-hydrogen) atoms. The first-order valence-electron chi connectivity index (χ1n) is 10.7. The lowest BCUT2D eigenvalue weighted by Gasteiger charge is -2.35. The number of aromatic nitrogens is 3. The summed E-state index contributed by atoms with van der Waals surface area (Å²) in [5, 5.41) is 9.81. The summed E-state index contributed by atoms with van der Waals surface area (Å²) in [6, 6.07) is 13.6. The van der Waals surface area contributed by atoms with Gasteiger partial charge in [0.05, 0.1) is 22.0 Å². The highest BCUT2D eigenvalue weighted by Gasteiger charge is 2.36. The average Bonchev–Trinajstić information content (AvgIpc) is 3.51. The van der Waals surface area contributed by atoms with Crippen molar-refractivity contribution in [3.05, 3.63) is 76.3 Å². The smallest absolute Gasteiger partial charge is 0.242 e. The van der Waals surface area contributed by atoms with Crippen molar-refractivity contribution in [2.75, 3.05) is 13.1 Å². The number of rotatable bonds is 5. The summed E-state index contributed by atoms with van der Waals surface area (Å²) in [5.74, 6) is 1.41. The van der Waals surface area contributed by atoms with Crippen LogP contribution in [0, 0.1) is 20.8 Å². The molecule has 4 heterocycles.